The Balaban J connectivity index is 1.26. The molecule has 0 unspecified atom stereocenters. The van der Waals surface area contributed by atoms with Gasteiger partial charge in [0, 0.05) is 32.1 Å². The van der Waals surface area contributed by atoms with Gasteiger partial charge in [-0.25, -0.2) is 4.79 Å². The van der Waals surface area contributed by atoms with Crippen LogP contribution in [0.3, 0.4) is 0 Å². The Morgan fingerprint density at radius 3 is 2.55 bits per heavy atom. The van der Waals surface area contributed by atoms with Crippen LogP contribution < -0.4 is 15.5 Å². The van der Waals surface area contributed by atoms with Gasteiger partial charge < -0.3 is 19.6 Å². The number of hydrogen-bond donors (Lipinski definition) is 2. The molecule has 1 saturated carbocycles. The molecular weight excluding hydrogens is 400 g/mol. The standard InChI is InChI=1S/C20H24N8O3/c1-12-17(13(2)31-25-12)22-20(30)27-10-8-26(9-11-27)16-5-3-4-15-21-19(24-28(15)16)23-18(29)14-6-7-14/h3-5,14H,6-11H2,1-2H3,(H,22,30)(H,23,24,29). The summed E-state index contributed by atoms with van der Waals surface area (Å²) in [4.78, 5) is 33.0. The lowest BCUT2D eigenvalue weighted by Crippen LogP contribution is -2.50. The maximum absolute atomic E-state index is 12.7. The predicted octanol–water partition coefficient (Wildman–Crippen LogP) is 2.04. The van der Waals surface area contributed by atoms with E-state index in [1.807, 2.05) is 18.2 Å². The van der Waals surface area contributed by atoms with E-state index in [-0.39, 0.29) is 17.9 Å². The van der Waals surface area contributed by atoms with Crippen LogP contribution in [-0.4, -0.2) is 62.8 Å². The monoisotopic (exact) mass is 424 g/mol. The lowest BCUT2D eigenvalue weighted by molar-refractivity contribution is -0.117. The lowest BCUT2D eigenvalue weighted by atomic mass is 10.3. The van der Waals surface area contributed by atoms with Gasteiger partial charge in [-0.3, -0.25) is 10.1 Å². The molecule has 3 amide bonds. The number of nitrogens with one attached hydrogen (secondary N) is 2. The van der Waals surface area contributed by atoms with Crippen LogP contribution in [0.1, 0.15) is 24.3 Å². The van der Waals surface area contributed by atoms with Crippen molar-refractivity contribution in [1.82, 2.24) is 24.7 Å². The number of anilines is 3. The van der Waals surface area contributed by atoms with Gasteiger partial charge in [0.15, 0.2) is 11.4 Å². The molecule has 2 fully saturated rings. The Morgan fingerprint density at radius 1 is 1.10 bits per heavy atom. The topological polar surface area (TPSA) is 121 Å². The number of carbonyl (C=O) groups excluding carboxylic acids is 2. The molecule has 0 spiro atoms. The van der Waals surface area contributed by atoms with Gasteiger partial charge in [-0.15, -0.1) is 5.10 Å². The first-order valence-electron chi connectivity index (χ1n) is 10.4. The number of carbonyl (C=O) groups is 2. The SMILES string of the molecule is Cc1noc(C)c1NC(=O)N1CCN(c2cccc3nc(NC(=O)C4CC4)nn23)CC1. The Labute approximate surface area is 178 Å². The second-order valence-electron chi connectivity index (χ2n) is 7.96. The predicted molar refractivity (Wildman–Crippen MR) is 113 cm³/mol. The first-order chi connectivity index (χ1) is 15.0. The maximum atomic E-state index is 12.7. The van der Waals surface area contributed by atoms with Crippen LogP contribution in [0.5, 0.6) is 0 Å². The number of pyridine rings is 1. The first-order valence-corrected chi connectivity index (χ1v) is 10.4. The number of urea groups is 1. The van der Waals surface area contributed by atoms with Crippen molar-refractivity contribution in [3.63, 3.8) is 0 Å². The summed E-state index contributed by atoms with van der Waals surface area (Å²) < 4.78 is 6.85. The van der Waals surface area contributed by atoms with Crippen LogP contribution >= 0.6 is 0 Å². The molecule has 11 nitrogen and oxygen atoms in total. The van der Waals surface area contributed by atoms with Crippen molar-refractivity contribution in [3.05, 3.63) is 29.7 Å². The molecule has 1 aliphatic heterocycles. The molecule has 162 valence electrons. The molecular formula is C20H24N8O3. The maximum Gasteiger partial charge on any atom is 0.322 e. The third-order valence-electron chi connectivity index (χ3n) is 5.68. The summed E-state index contributed by atoms with van der Waals surface area (Å²) in [6.45, 7) is 5.99. The molecule has 11 heteroatoms. The van der Waals surface area contributed by atoms with Gasteiger partial charge in [-0.1, -0.05) is 11.2 Å². The van der Waals surface area contributed by atoms with E-state index in [0.29, 0.717) is 54.9 Å². The Hall–Kier alpha value is -3.63. The fourth-order valence-corrected chi connectivity index (χ4v) is 3.73. The minimum atomic E-state index is -0.168. The van der Waals surface area contributed by atoms with E-state index < -0.39 is 0 Å². The average Bonchev–Trinajstić information content (AvgIpc) is 3.48. The van der Waals surface area contributed by atoms with Gasteiger partial charge >= 0.3 is 6.03 Å². The van der Waals surface area contributed by atoms with E-state index in [1.165, 1.54) is 0 Å². The molecule has 3 aromatic rings. The third kappa shape index (κ3) is 3.78. The molecule has 1 saturated heterocycles. The van der Waals surface area contributed by atoms with Gasteiger partial charge in [0.25, 0.3) is 0 Å². The van der Waals surface area contributed by atoms with Crippen molar-refractivity contribution in [2.24, 2.45) is 5.92 Å². The van der Waals surface area contributed by atoms with Gasteiger partial charge in [0.2, 0.25) is 11.9 Å². The van der Waals surface area contributed by atoms with Crippen LogP contribution in [0.4, 0.5) is 22.2 Å². The minimum Gasteiger partial charge on any atom is -0.359 e. The number of hydrogen-bond acceptors (Lipinski definition) is 7. The number of amides is 3. The molecule has 31 heavy (non-hydrogen) atoms. The number of fused-ring (bicyclic) bond motifs is 1. The molecule has 1 aliphatic carbocycles. The second kappa shape index (κ2) is 7.56. The Bertz CT molecular complexity index is 1120. The minimum absolute atomic E-state index is 0.0182. The van der Waals surface area contributed by atoms with Crippen LogP contribution in [-0.2, 0) is 4.79 Å². The zero-order valence-electron chi connectivity index (χ0n) is 17.5. The highest BCUT2D eigenvalue weighted by molar-refractivity contribution is 5.92. The van der Waals surface area contributed by atoms with Crippen molar-refractivity contribution < 1.29 is 14.1 Å². The molecule has 0 radical (unpaired) electrons. The number of rotatable bonds is 4. The van der Waals surface area contributed by atoms with Crippen LogP contribution in [0.2, 0.25) is 0 Å². The van der Waals surface area contributed by atoms with E-state index in [0.717, 1.165) is 18.7 Å². The van der Waals surface area contributed by atoms with Gasteiger partial charge in [0.05, 0.1) is 0 Å². The summed E-state index contributed by atoms with van der Waals surface area (Å²) in [5, 5.41) is 14.0. The summed E-state index contributed by atoms with van der Waals surface area (Å²) >= 11 is 0. The average molecular weight is 424 g/mol. The molecule has 3 aromatic heterocycles. The van der Waals surface area contributed by atoms with Crippen molar-refractivity contribution in [2.45, 2.75) is 26.7 Å². The van der Waals surface area contributed by atoms with Gasteiger partial charge in [-0.2, -0.15) is 9.50 Å². The molecule has 0 atom stereocenters. The van der Waals surface area contributed by atoms with Crippen molar-refractivity contribution in [1.29, 1.82) is 0 Å². The number of aryl methyl sites for hydroxylation is 2. The van der Waals surface area contributed by atoms with E-state index in [2.05, 4.69) is 30.8 Å². The fraction of sp³-hybridized carbons (Fsp3) is 0.450. The second-order valence-corrected chi connectivity index (χ2v) is 7.96. The third-order valence-corrected chi connectivity index (χ3v) is 5.68. The summed E-state index contributed by atoms with van der Waals surface area (Å²) in [5.74, 6) is 1.86. The lowest BCUT2D eigenvalue weighted by Gasteiger charge is -2.35. The van der Waals surface area contributed by atoms with Crippen LogP contribution in [0.25, 0.3) is 5.65 Å². The van der Waals surface area contributed by atoms with Crippen LogP contribution in [0, 0.1) is 19.8 Å². The quantitative estimate of drug-likeness (QED) is 0.657. The van der Waals surface area contributed by atoms with E-state index in [9.17, 15) is 9.59 Å². The zero-order valence-corrected chi connectivity index (χ0v) is 17.5. The highest BCUT2D eigenvalue weighted by Crippen LogP contribution is 2.30. The number of nitrogens with zero attached hydrogens (tertiary/aromatic N) is 6. The molecule has 4 heterocycles. The van der Waals surface area contributed by atoms with Gasteiger partial charge in [0.1, 0.15) is 17.2 Å². The Kier molecular flexibility index (Phi) is 4.72. The van der Waals surface area contributed by atoms with Crippen molar-refractivity contribution >= 4 is 35.0 Å². The normalized spacial score (nSPS) is 16.6. The number of piperazine rings is 1. The molecule has 5 rings (SSSR count). The highest BCUT2D eigenvalue weighted by Gasteiger charge is 2.30. The zero-order chi connectivity index (χ0) is 21.5. The van der Waals surface area contributed by atoms with Crippen LogP contribution in [0.15, 0.2) is 22.7 Å². The molecule has 2 N–H and O–H groups in total. The van der Waals surface area contributed by atoms with Gasteiger partial charge in [-0.05, 0) is 38.8 Å². The summed E-state index contributed by atoms with van der Waals surface area (Å²) in [5.41, 5.74) is 1.95. The number of aromatic nitrogens is 4. The van der Waals surface area contributed by atoms with E-state index in [4.69, 9.17) is 4.52 Å². The Morgan fingerprint density at radius 2 is 1.87 bits per heavy atom. The summed E-state index contributed by atoms with van der Waals surface area (Å²) in [6.07, 6.45) is 1.86. The largest absolute Gasteiger partial charge is 0.359 e. The fourth-order valence-electron chi connectivity index (χ4n) is 3.73. The molecule has 0 aromatic carbocycles. The first kappa shape index (κ1) is 19.3. The summed E-state index contributed by atoms with van der Waals surface area (Å²) in [7, 11) is 0. The van der Waals surface area contributed by atoms with Crippen molar-refractivity contribution in [3.8, 4) is 0 Å². The smallest absolute Gasteiger partial charge is 0.322 e. The molecule has 0 bridgehead atoms. The molecule has 2 aliphatic rings. The summed E-state index contributed by atoms with van der Waals surface area (Å²) in [6, 6.07) is 5.57. The van der Waals surface area contributed by atoms with E-state index >= 15 is 0 Å². The van der Waals surface area contributed by atoms with E-state index in [1.54, 1.807) is 23.3 Å². The highest BCUT2D eigenvalue weighted by atomic mass is 16.5. The van der Waals surface area contributed by atoms with Crippen molar-refractivity contribution in [2.75, 3.05) is 41.7 Å².